The fourth-order valence-corrected chi connectivity index (χ4v) is 1.49. The maximum atomic E-state index is 12.4. The summed E-state index contributed by atoms with van der Waals surface area (Å²) in [6.45, 7) is 0. The number of nitriles is 1. The molecule has 0 saturated heterocycles. The molecule has 0 atom stereocenters. The van der Waals surface area contributed by atoms with E-state index in [2.05, 4.69) is 20.9 Å². The van der Waals surface area contributed by atoms with Crippen LogP contribution in [0.15, 0.2) is 10.7 Å². The van der Waals surface area contributed by atoms with Crippen molar-refractivity contribution >= 4 is 21.6 Å². The van der Waals surface area contributed by atoms with Crippen LogP contribution in [0, 0.1) is 21.4 Å². The molecule has 0 aliphatic rings. The van der Waals surface area contributed by atoms with Crippen molar-refractivity contribution < 1.29 is 13.7 Å². The second-order valence-electron chi connectivity index (χ2n) is 2.41. The summed E-state index contributed by atoms with van der Waals surface area (Å²) in [4.78, 5) is 12.9. The summed E-state index contributed by atoms with van der Waals surface area (Å²) in [6, 6.07) is 2.23. The van der Waals surface area contributed by atoms with Crippen LogP contribution >= 0.6 is 15.9 Å². The Morgan fingerprint density at radius 1 is 1.67 bits per heavy atom. The summed E-state index contributed by atoms with van der Waals surface area (Å²) in [5.41, 5.74) is -1.94. The molecular formula is C7H2BrF2N3O2. The van der Waals surface area contributed by atoms with Crippen LogP contribution in [0.3, 0.4) is 0 Å². The number of hydrogen-bond donors (Lipinski definition) is 0. The zero-order chi connectivity index (χ0) is 11.6. The SMILES string of the molecule is N#Cc1cc(C(F)F)c([N+](=O)[O-])c(Br)n1. The van der Waals surface area contributed by atoms with E-state index in [0.29, 0.717) is 6.07 Å². The Morgan fingerprint density at radius 2 is 2.27 bits per heavy atom. The number of nitrogens with zero attached hydrogens (tertiary/aromatic N) is 3. The van der Waals surface area contributed by atoms with Crippen LogP contribution in [0.4, 0.5) is 14.5 Å². The van der Waals surface area contributed by atoms with Crippen LogP contribution in [0.5, 0.6) is 0 Å². The first kappa shape index (κ1) is 11.5. The van der Waals surface area contributed by atoms with Gasteiger partial charge in [0.2, 0.25) is 0 Å². The highest BCUT2D eigenvalue weighted by atomic mass is 79.9. The molecule has 1 rings (SSSR count). The summed E-state index contributed by atoms with van der Waals surface area (Å²) in [5.74, 6) is 0. The largest absolute Gasteiger partial charge is 0.310 e. The topological polar surface area (TPSA) is 79.8 Å². The van der Waals surface area contributed by atoms with Crippen LogP contribution in [0.1, 0.15) is 17.7 Å². The van der Waals surface area contributed by atoms with Crippen molar-refractivity contribution in [2.45, 2.75) is 6.43 Å². The van der Waals surface area contributed by atoms with E-state index in [1.165, 1.54) is 6.07 Å². The second kappa shape index (κ2) is 4.27. The Bertz CT molecular complexity index is 458. The standard InChI is InChI=1S/C7H2BrF2N3O2/c8-6-5(13(14)15)4(7(9)10)1-3(2-11)12-6/h1,7H. The lowest BCUT2D eigenvalue weighted by molar-refractivity contribution is -0.387. The first-order valence-corrected chi connectivity index (χ1v) is 4.29. The molecule has 1 heterocycles. The molecule has 0 fully saturated rings. The van der Waals surface area contributed by atoms with Gasteiger partial charge in [-0.3, -0.25) is 10.1 Å². The highest BCUT2D eigenvalue weighted by Gasteiger charge is 2.27. The molecule has 0 aliphatic heterocycles. The molecule has 5 nitrogen and oxygen atoms in total. The molecule has 1 aromatic rings. The van der Waals surface area contributed by atoms with Gasteiger partial charge in [0.05, 0.1) is 4.92 Å². The first-order chi connectivity index (χ1) is 6.97. The zero-order valence-electron chi connectivity index (χ0n) is 6.95. The number of nitro groups is 1. The number of pyridine rings is 1. The van der Waals surface area contributed by atoms with Crippen LogP contribution in [-0.4, -0.2) is 9.91 Å². The second-order valence-corrected chi connectivity index (χ2v) is 3.16. The predicted octanol–water partition coefficient (Wildman–Crippen LogP) is 2.56. The van der Waals surface area contributed by atoms with E-state index in [1.54, 1.807) is 0 Å². The number of halogens is 3. The molecule has 0 radical (unpaired) electrons. The first-order valence-electron chi connectivity index (χ1n) is 3.50. The number of rotatable bonds is 2. The summed E-state index contributed by atoms with van der Waals surface area (Å²) in [7, 11) is 0. The Kier molecular flexibility index (Phi) is 3.26. The average Bonchev–Trinajstić information content (AvgIpc) is 2.15. The van der Waals surface area contributed by atoms with Gasteiger partial charge < -0.3 is 0 Å². The van der Waals surface area contributed by atoms with E-state index in [0.717, 1.165) is 0 Å². The Hall–Kier alpha value is -1.62. The molecule has 15 heavy (non-hydrogen) atoms. The monoisotopic (exact) mass is 277 g/mol. The molecule has 0 aromatic carbocycles. The molecule has 0 aliphatic carbocycles. The predicted molar refractivity (Wildman–Crippen MR) is 48.3 cm³/mol. The Morgan fingerprint density at radius 3 is 2.67 bits per heavy atom. The molecule has 0 bridgehead atoms. The highest BCUT2D eigenvalue weighted by molar-refractivity contribution is 9.10. The van der Waals surface area contributed by atoms with Crippen molar-refractivity contribution in [2.75, 3.05) is 0 Å². The van der Waals surface area contributed by atoms with E-state index in [-0.39, 0.29) is 10.3 Å². The molecule has 0 N–H and O–H groups in total. The molecule has 78 valence electrons. The number of hydrogen-bond acceptors (Lipinski definition) is 4. The minimum absolute atomic E-state index is 0.303. The van der Waals surface area contributed by atoms with Crippen LogP contribution < -0.4 is 0 Å². The minimum atomic E-state index is -3.03. The van der Waals surface area contributed by atoms with Gasteiger partial charge in [-0.25, -0.2) is 13.8 Å². The lowest BCUT2D eigenvalue weighted by Gasteiger charge is -2.02. The van der Waals surface area contributed by atoms with E-state index in [1.807, 2.05) is 0 Å². The highest BCUT2D eigenvalue weighted by Crippen LogP contribution is 2.34. The zero-order valence-corrected chi connectivity index (χ0v) is 8.53. The van der Waals surface area contributed by atoms with E-state index in [9.17, 15) is 18.9 Å². The normalized spacial score (nSPS) is 10.1. The smallest absolute Gasteiger partial charge is 0.258 e. The molecular weight excluding hydrogens is 276 g/mol. The maximum Gasteiger partial charge on any atom is 0.310 e. The van der Waals surface area contributed by atoms with Gasteiger partial charge in [-0.1, -0.05) is 0 Å². The third-order valence-corrected chi connectivity index (χ3v) is 2.06. The number of alkyl halides is 2. The average molecular weight is 278 g/mol. The minimum Gasteiger partial charge on any atom is -0.258 e. The fraction of sp³-hybridized carbons (Fsp3) is 0.143. The quantitative estimate of drug-likeness (QED) is 0.473. The lowest BCUT2D eigenvalue weighted by atomic mass is 10.2. The van der Waals surface area contributed by atoms with Gasteiger partial charge in [0, 0.05) is 0 Å². The molecule has 8 heteroatoms. The maximum absolute atomic E-state index is 12.4. The summed E-state index contributed by atoms with van der Waals surface area (Å²) in [6.07, 6.45) is -3.03. The van der Waals surface area contributed by atoms with Crippen molar-refractivity contribution in [1.82, 2.24) is 4.98 Å². The number of aromatic nitrogens is 1. The Balaban J connectivity index is 3.51. The lowest BCUT2D eigenvalue weighted by Crippen LogP contribution is -2.00. The summed E-state index contributed by atoms with van der Waals surface area (Å²) in [5, 5.41) is 18.9. The van der Waals surface area contributed by atoms with Gasteiger partial charge in [-0.2, -0.15) is 5.26 Å². The molecule has 0 unspecified atom stereocenters. The van der Waals surface area contributed by atoms with Crippen molar-refractivity contribution in [3.63, 3.8) is 0 Å². The van der Waals surface area contributed by atoms with Crippen LogP contribution in [0.2, 0.25) is 0 Å². The van der Waals surface area contributed by atoms with Gasteiger partial charge in [-0.15, -0.1) is 0 Å². The van der Waals surface area contributed by atoms with Crippen molar-refractivity contribution in [3.8, 4) is 6.07 Å². The van der Waals surface area contributed by atoms with Crippen molar-refractivity contribution in [3.05, 3.63) is 32.0 Å². The van der Waals surface area contributed by atoms with Gasteiger partial charge in [0.1, 0.15) is 17.3 Å². The third-order valence-electron chi connectivity index (χ3n) is 1.51. The molecule has 1 aromatic heterocycles. The van der Waals surface area contributed by atoms with E-state index < -0.39 is 22.6 Å². The van der Waals surface area contributed by atoms with Crippen molar-refractivity contribution in [1.29, 1.82) is 5.26 Å². The van der Waals surface area contributed by atoms with E-state index >= 15 is 0 Å². The van der Waals surface area contributed by atoms with Crippen molar-refractivity contribution in [2.24, 2.45) is 0 Å². The van der Waals surface area contributed by atoms with Gasteiger partial charge in [0.15, 0.2) is 4.60 Å². The van der Waals surface area contributed by atoms with Crippen LogP contribution in [-0.2, 0) is 0 Å². The van der Waals surface area contributed by atoms with Crippen LogP contribution in [0.25, 0.3) is 0 Å². The summed E-state index contributed by atoms with van der Waals surface area (Å²) >= 11 is 2.67. The molecule has 0 saturated carbocycles. The third kappa shape index (κ3) is 2.24. The van der Waals surface area contributed by atoms with Gasteiger partial charge in [0.25, 0.3) is 6.43 Å². The fourth-order valence-electron chi connectivity index (χ4n) is 0.930. The van der Waals surface area contributed by atoms with E-state index in [4.69, 9.17) is 5.26 Å². The van der Waals surface area contributed by atoms with Gasteiger partial charge >= 0.3 is 5.69 Å². The molecule has 0 spiro atoms. The molecule has 0 amide bonds. The van der Waals surface area contributed by atoms with Gasteiger partial charge in [-0.05, 0) is 22.0 Å². The Labute approximate surface area is 90.6 Å². The summed E-state index contributed by atoms with van der Waals surface area (Å²) < 4.78 is 24.5.